The van der Waals surface area contributed by atoms with Crippen molar-refractivity contribution in [3.8, 4) is 5.75 Å². The van der Waals surface area contributed by atoms with Crippen molar-refractivity contribution in [3.05, 3.63) is 23.8 Å². The van der Waals surface area contributed by atoms with E-state index in [1.54, 1.807) is 4.72 Å². The summed E-state index contributed by atoms with van der Waals surface area (Å²) in [7, 11) is -7.25. The Morgan fingerprint density at radius 3 is 2.45 bits per heavy atom. The number of hydrogen-bond acceptors (Lipinski definition) is 4. The summed E-state index contributed by atoms with van der Waals surface area (Å²) in [6.07, 6.45) is 1.23. The summed E-state index contributed by atoms with van der Waals surface area (Å²) >= 11 is 0. The zero-order valence-corrected chi connectivity index (χ0v) is 11.8. The van der Waals surface area contributed by atoms with Crippen LogP contribution in [0.4, 0.5) is 14.5 Å². The minimum absolute atomic E-state index is 0.172. The van der Waals surface area contributed by atoms with Crippen LogP contribution < -0.4 is 4.72 Å². The molecule has 1 aromatic carbocycles. The first kappa shape index (κ1) is 15.0. The molecule has 1 saturated heterocycles. The lowest BCUT2D eigenvalue weighted by Gasteiger charge is -2.08. The van der Waals surface area contributed by atoms with E-state index in [0.717, 1.165) is 6.07 Å². The van der Waals surface area contributed by atoms with E-state index in [1.807, 2.05) is 0 Å². The number of benzene rings is 1. The SMILES string of the molecule is O=S(=O)(N=S1(=O)CCCC1)Nc1ccc(F)c(O)c1F. The summed E-state index contributed by atoms with van der Waals surface area (Å²) in [5.74, 6) is -3.62. The second kappa shape index (κ2) is 5.17. The van der Waals surface area contributed by atoms with Crippen LogP contribution in [0, 0.1) is 11.6 Å². The summed E-state index contributed by atoms with van der Waals surface area (Å²) in [4.78, 5) is 0. The van der Waals surface area contributed by atoms with Crippen LogP contribution in [-0.2, 0) is 19.9 Å². The van der Waals surface area contributed by atoms with Crippen molar-refractivity contribution in [2.75, 3.05) is 16.2 Å². The fourth-order valence-electron chi connectivity index (χ4n) is 1.79. The van der Waals surface area contributed by atoms with Crippen LogP contribution in [-0.4, -0.2) is 29.2 Å². The lowest BCUT2D eigenvalue weighted by Crippen LogP contribution is -2.14. The largest absolute Gasteiger partial charge is 0.503 e. The van der Waals surface area contributed by atoms with Gasteiger partial charge in [-0.3, -0.25) is 4.72 Å². The molecular weight excluding hydrogens is 314 g/mol. The Hall–Kier alpha value is -1.42. The molecule has 0 bridgehead atoms. The lowest BCUT2D eigenvalue weighted by molar-refractivity contribution is 0.397. The third kappa shape index (κ3) is 3.18. The topological polar surface area (TPSA) is 95.8 Å². The molecule has 0 saturated carbocycles. The predicted molar refractivity (Wildman–Crippen MR) is 70.1 cm³/mol. The van der Waals surface area contributed by atoms with Crippen LogP contribution in [0.15, 0.2) is 15.9 Å². The fourth-order valence-corrected chi connectivity index (χ4v) is 5.91. The first-order chi connectivity index (χ1) is 9.22. The Bertz CT molecular complexity index is 743. The summed E-state index contributed by atoms with van der Waals surface area (Å²) in [6, 6.07) is 1.50. The van der Waals surface area contributed by atoms with E-state index in [1.165, 1.54) is 0 Å². The minimum atomic E-state index is -4.40. The first-order valence-corrected chi connectivity index (χ1v) is 8.95. The summed E-state index contributed by atoms with van der Waals surface area (Å²) in [5, 5.41) is 9.05. The number of anilines is 1. The standard InChI is InChI=1S/C10H12F2N2O4S2/c11-7-3-4-8(9(12)10(7)15)13-20(17,18)14-19(16)5-1-2-6-19/h3-4,13,15H,1-2,5-6H2. The highest BCUT2D eigenvalue weighted by Crippen LogP contribution is 2.27. The molecule has 6 nitrogen and oxygen atoms in total. The van der Waals surface area contributed by atoms with E-state index in [4.69, 9.17) is 5.11 Å². The number of halogens is 2. The maximum Gasteiger partial charge on any atom is 0.350 e. The van der Waals surface area contributed by atoms with E-state index >= 15 is 0 Å². The molecule has 0 unspecified atom stereocenters. The average molecular weight is 326 g/mol. The van der Waals surface area contributed by atoms with Crippen LogP contribution in [0.2, 0.25) is 0 Å². The molecule has 112 valence electrons. The van der Waals surface area contributed by atoms with Gasteiger partial charge in [0.15, 0.2) is 17.4 Å². The zero-order chi connectivity index (χ0) is 15.0. The molecule has 1 aliphatic heterocycles. The van der Waals surface area contributed by atoms with Gasteiger partial charge in [0.2, 0.25) is 0 Å². The van der Waals surface area contributed by atoms with Crippen molar-refractivity contribution >= 4 is 25.6 Å². The Labute approximate surface area is 115 Å². The zero-order valence-electron chi connectivity index (χ0n) is 10.2. The summed E-state index contributed by atoms with van der Waals surface area (Å²) in [6.45, 7) is 0. The third-order valence-corrected chi connectivity index (χ3v) is 6.92. The Kier molecular flexibility index (Phi) is 3.87. The highest BCUT2D eigenvalue weighted by Gasteiger charge is 2.22. The fraction of sp³-hybridized carbons (Fsp3) is 0.400. The smallest absolute Gasteiger partial charge is 0.350 e. The number of rotatable bonds is 3. The van der Waals surface area contributed by atoms with Gasteiger partial charge in [0, 0.05) is 11.5 Å². The Morgan fingerprint density at radius 2 is 1.85 bits per heavy atom. The van der Waals surface area contributed by atoms with Crippen molar-refractivity contribution in [1.82, 2.24) is 0 Å². The molecule has 10 heteroatoms. The molecular formula is C10H12F2N2O4S2. The number of phenols is 1. The lowest BCUT2D eigenvalue weighted by atomic mass is 10.3. The van der Waals surface area contributed by atoms with Gasteiger partial charge in [-0.25, -0.2) is 13.0 Å². The summed E-state index contributed by atoms with van der Waals surface area (Å²) < 4.78 is 66.8. The highest BCUT2D eigenvalue weighted by atomic mass is 32.3. The van der Waals surface area contributed by atoms with Gasteiger partial charge < -0.3 is 5.11 Å². The van der Waals surface area contributed by atoms with Crippen molar-refractivity contribution in [1.29, 1.82) is 0 Å². The molecule has 1 fully saturated rings. The molecule has 0 amide bonds. The van der Waals surface area contributed by atoms with E-state index < -0.39 is 43.0 Å². The Balaban J connectivity index is 2.35. The van der Waals surface area contributed by atoms with E-state index in [-0.39, 0.29) is 11.5 Å². The van der Waals surface area contributed by atoms with Crippen molar-refractivity contribution in [2.24, 2.45) is 3.77 Å². The maximum atomic E-state index is 13.5. The molecule has 2 N–H and O–H groups in total. The van der Waals surface area contributed by atoms with Gasteiger partial charge >= 0.3 is 10.2 Å². The van der Waals surface area contributed by atoms with Crippen LogP contribution in [0.25, 0.3) is 0 Å². The number of hydrogen-bond donors (Lipinski definition) is 2. The van der Waals surface area contributed by atoms with Crippen LogP contribution in [0.3, 0.4) is 0 Å². The molecule has 2 rings (SSSR count). The molecule has 0 atom stereocenters. The number of phenolic OH excluding ortho intramolecular Hbond substituents is 1. The summed E-state index contributed by atoms with van der Waals surface area (Å²) in [5.41, 5.74) is -0.659. The molecule has 0 spiro atoms. The molecule has 0 radical (unpaired) electrons. The van der Waals surface area contributed by atoms with Crippen molar-refractivity contribution in [2.45, 2.75) is 12.8 Å². The van der Waals surface area contributed by atoms with Gasteiger partial charge in [-0.15, -0.1) is 0 Å². The maximum absolute atomic E-state index is 13.5. The molecule has 0 aliphatic carbocycles. The first-order valence-electron chi connectivity index (χ1n) is 5.66. The van der Waals surface area contributed by atoms with Gasteiger partial charge in [0.05, 0.1) is 15.4 Å². The number of aromatic hydroxyl groups is 1. The van der Waals surface area contributed by atoms with Gasteiger partial charge in [0.25, 0.3) is 0 Å². The molecule has 1 aliphatic rings. The minimum Gasteiger partial charge on any atom is -0.503 e. The normalized spacial score (nSPS) is 17.9. The molecule has 1 aromatic rings. The number of nitrogens with one attached hydrogen (secondary N) is 1. The quantitative estimate of drug-likeness (QED) is 0.881. The molecule has 0 aromatic heterocycles. The van der Waals surface area contributed by atoms with Crippen LogP contribution in [0.1, 0.15) is 12.8 Å². The predicted octanol–water partition coefficient (Wildman–Crippen LogP) is 1.59. The van der Waals surface area contributed by atoms with E-state index in [9.17, 15) is 21.4 Å². The third-order valence-electron chi connectivity index (χ3n) is 2.72. The van der Waals surface area contributed by atoms with E-state index in [2.05, 4.69) is 3.77 Å². The van der Waals surface area contributed by atoms with Gasteiger partial charge in [0.1, 0.15) is 0 Å². The van der Waals surface area contributed by atoms with Gasteiger partial charge in [-0.05, 0) is 25.0 Å². The van der Waals surface area contributed by atoms with Gasteiger partial charge in [-0.2, -0.15) is 8.42 Å². The monoisotopic (exact) mass is 326 g/mol. The van der Waals surface area contributed by atoms with Crippen LogP contribution in [0.5, 0.6) is 5.75 Å². The second-order valence-electron chi connectivity index (χ2n) is 4.30. The van der Waals surface area contributed by atoms with Crippen molar-refractivity contribution in [3.63, 3.8) is 0 Å². The highest BCUT2D eigenvalue weighted by molar-refractivity contribution is 8.03. The molecule has 20 heavy (non-hydrogen) atoms. The average Bonchev–Trinajstić information content (AvgIpc) is 2.75. The van der Waals surface area contributed by atoms with Crippen molar-refractivity contribution < 1.29 is 26.5 Å². The van der Waals surface area contributed by atoms with Gasteiger partial charge in [-0.1, -0.05) is 3.77 Å². The van der Waals surface area contributed by atoms with E-state index in [0.29, 0.717) is 18.9 Å². The van der Waals surface area contributed by atoms with Crippen LogP contribution >= 0.6 is 0 Å². The Morgan fingerprint density at radius 1 is 1.25 bits per heavy atom. The molecule has 1 heterocycles. The number of nitrogens with zero attached hydrogens (tertiary/aromatic N) is 1. The second-order valence-corrected chi connectivity index (χ2v) is 8.41.